The summed E-state index contributed by atoms with van der Waals surface area (Å²) in [4.78, 5) is 12.5. The molecule has 1 saturated carbocycles. The van der Waals surface area contributed by atoms with Gasteiger partial charge in [-0.3, -0.25) is 4.79 Å². The van der Waals surface area contributed by atoms with Crippen LogP contribution in [-0.4, -0.2) is 38.0 Å². The van der Waals surface area contributed by atoms with Gasteiger partial charge < -0.3 is 19.3 Å². The molecule has 0 aliphatic heterocycles. The summed E-state index contributed by atoms with van der Waals surface area (Å²) in [6.07, 6.45) is 5.70. The molecule has 5 heteroatoms. The Morgan fingerprint density at radius 3 is 2.40 bits per heavy atom. The van der Waals surface area contributed by atoms with Crippen molar-refractivity contribution in [2.24, 2.45) is 11.8 Å². The lowest BCUT2D eigenvalue weighted by Crippen LogP contribution is -2.48. The van der Waals surface area contributed by atoms with Crippen LogP contribution < -0.4 is 9.47 Å². The second-order valence-electron chi connectivity index (χ2n) is 7.27. The fraction of sp³-hybridized carbons (Fsp3) is 0.650. The largest absolute Gasteiger partial charge is 0.493 e. The van der Waals surface area contributed by atoms with Crippen LogP contribution in [0.5, 0.6) is 11.5 Å². The molecule has 0 unspecified atom stereocenters. The lowest BCUT2D eigenvalue weighted by molar-refractivity contribution is -0.156. The SMILES string of the molecule is COC(=O)[C@H]1Cc2cc(OC)c(OC)cc2CC[C@@]2(O)CCCC[C@H]12. The van der Waals surface area contributed by atoms with Crippen LogP contribution in [0.3, 0.4) is 0 Å². The van der Waals surface area contributed by atoms with E-state index in [9.17, 15) is 9.90 Å². The van der Waals surface area contributed by atoms with E-state index in [2.05, 4.69) is 0 Å². The van der Waals surface area contributed by atoms with Crippen molar-refractivity contribution in [2.45, 2.75) is 50.5 Å². The fourth-order valence-electron chi connectivity index (χ4n) is 4.65. The van der Waals surface area contributed by atoms with Crippen molar-refractivity contribution >= 4 is 5.97 Å². The van der Waals surface area contributed by atoms with Crippen molar-refractivity contribution in [1.82, 2.24) is 0 Å². The highest BCUT2D eigenvalue weighted by Crippen LogP contribution is 2.45. The minimum absolute atomic E-state index is 0.0463. The Morgan fingerprint density at radius 2 is 1.76 bits per heavy atom. The number of methoxy groups -OCH3 is 3. The third-order valence-corrected chi connectivity index (χ3v) is 6.03. The number of ether oxygens (including phenoxy) is 3. The maximum atomic E-state index is 12.5. The van der Waals surface area contributed by atoms with Crippen LogP contribution in [0, 0.1) is 11.8 Å². The number of benzene rings is 1. The van der Waals surface area contributed by atoms with E-state index in [0.29, 0.717) is 24.3 Å². The van der Waals surface area contributed by atoms with Crippen LogP contribution in [0.25, 0.3) is 0 Å². The maximum absolute atomic E-state index is 12.5. The average Bonchev–Trinajstić information content (AvgIpc) is 2.63. The summed E-state index contributed by atoms with van der Waals surface area (Å²) in [5.41, 5.74) is 1.41. The molecular formula is C20H28O5. The molecule has 0 spiro atoms. The lowest BCUT2D eigenvalue weighted by Gasteiger charge is -2.45. The first-order valence-corrected chi connectivity index (χ1v) is 9.06. The quantitative estimate of drug-likeness (QED) is 0.851. The molecule has 1 aromatic carbocycles. The van der Waals surface area contributed by atoms with Crippen LogP contribution in [0.4, 0.5) is 0 Å². The predicted molar refractivity (Wildman–Crippen MR) is 94.0 cm³/mol. The van der Waals surface area contributed by atoms with Crippen molar-refractivity contribution in [2.75, 3.05) is 21.3 Å². The van der Waals surface area contributed by atoms with Crippen molar-refractivity contribution in [3.05, 3.63) is 23.3 Å². The molecule has 1 fully saturated rings. The Bertz CT molecular complexity index is 641. The number of hydrogen-bond acceptors (Lipinski definition) is 5. The number of rotatable bonds is 3. The zero-order valence-corrected chi connectivity index (χ0v) is 15.3. The Hall–Kier alpha value is -1.75. The molecule has 5 nitrogen and oxygen atoms in total. The summed E-state index contributed by atoms with van der Waals surface area (Å²) in [5.74, 6) is 0.753. The highest BCUT2D eigenvalue weighted by atomic mass is 16.5. The lowest BCUT2D eigenvalue weighted by atomic mass is 9.64. The molecule has 0 saturated heterocycles. The fourth-order valence-corrected chi connectivity index (χ4v) is 4.65. The molecule has 3 rings (SSSR count). The van der Waals surface area contributed by atoms with E-state index in [1.54, 1.807) is 14.2 Å². The minimum atomic E-state index is -0.790. The van der Waals surface area contributed by atoms with Crippen molar-refractivity contribution in [3.8, 4) is 11.5 Å². The van der Waals surface area contributed by atoms with E-state index in [-0.39, 0.29) is 17.8 Å². The number of carbonyl (C=O) groups is 1. The molecule has 1 aromatic rings. The van der Waals surface area contributed by atoms with Crippen molar-refractivity contribution in [1.29, 1.82) is 0 Å². The number of aliphatic hydroxyl groups is 1. The van der Waals surface area contributed by atoms with Crippen molar-refractivity contribution in [3.63, 3.8) is 0 Å². The standard InChI is InChI=1S/C20H28O5/c1-23-17-11-13-7-9-20(22)8-5-4-6-16(20)15(19(21)25-3)10-14(13)12-18(17)24-2/h11-12,15-16,22H,4-10H2,1-3H3/t15-,16+,20-/m0/s1. The first kappa shape index (κ1) is 18.1. The van der Waals surface area contributed by atoms with Gasteiger partial charge in [0.1, 0.15) is 0 Å². The van der Waals surface area contributed by atoms with Gasteiger partial charge in [0.05, 0.1) is 32.8 Å². The monoisotopic (exact) mass is 348 g/mol. The normalized spacial score (nSPS) is 28.8. The van der Waals surface area contributed by atoms with Gasteiger partial charge in [0.15, 0.2) is 11.5 Å². The van der Waals surface area contributed by atoms with Gasteiger partial charge in [-0.2, -0.15) is 0 Å². The Kier molecular flexibility index (Phi) is 5.23. The highest BCUT2D eigenvalue weighted by Gasteiger charge is 2.46. The molecule has 138 valence electrons. The summed E-state index contributed by atoms with van der Waals surface area (Å²) >= 11 is 0. The van der Waals surface area contributed by atoms with Crippen LogP contribution in [-0.2, 0) is 22.4 Å². The van der Waals surface area contributed by atoms with Crippen molar-refractivity contribution < 1.29 is 24.1 Å². The molecular weight excluding hydrogens is 320 g/mol. The molecule has 0 amide bonds. The summed E-state index contributed by atoms with van der Waals surface area (Å²) < 4.78 is 15.9. The average molecular weight is 348 g/mol. The molecule has 1 N–H and O–H groups in total. The van der Waals surface area contributed by atoms with Crippen LogP contribution in [0.15, 0.2) is 12.1 Å². The van der Waals surface area contributed by atoms with Gasteiger partial charge in [0.2, 0.25) is 0 Å². The molecule has 25 heavy (non-hydrogen) atoms. The summed E-state index contributed by atoms with van der Waals surface area (Å²) in [6, 6.07) is 3.95. The van der Waals surface area contributed by atoms with E-state index in [0.717, 1.165) is 43.2 Å². The topological polar surface area (TPSA) is 65.0 Å². The first-order valence-electron chi connectivity index (χ1n) is 9.06. The minimum Gasteiger partial charge on any atom is -0.493 e. The predicted octanol–water partition coefficient (Wildman–Crippen LogP) is 2.90. The Balaban J connectivity index is 2.05. The van der Waals surface area contributed by atoms with Gasteiger partial charge in [-0.05, 0) is 55.4 Å². The smallest absolute Gasteiger partial charge is 0.309 e. The number of hydrogen-bond donors (Lipinski definition) is 1. The van der Waals surface area contributed by atoms with Crippen LogP contribution in [0.2, 0.25) is 0 Å². The number of carbonyl (C=O) groups excluding carboxylic acids is 1. The Morgan fingerprint density at radius 1 is 1.08 bits per heavy atom. The van der Waals surface area contributed by atoms with Gasteiger partial charge in [-0.1, -0.05) is 12.8 Å². The second-order valence-corrected chi connectivity index (χ2v) is 7.27. The van der Waals surface area contributed by atoms with Gasteiger partial charge in [-0.15, -0.1) is 0 Å². The molecule has 0 radical (unpaired) electrons. The third-order valence-electron chi connectivity index (χ3n) is 6.03. The number of fused-ring (bicyclic) bond motifs is 2. The highest BCUT2D eigenvalue weighted by molar-refractivity contribution is 5.73. The van der Waals surface area contributed by atoms with E-state index in [1.165, 1.54) is 7.11 Å². The summed E-state index contributed by atoms with van der Waals surface area (Å²) in [6.45, 7) is 0. The number of esters is 1. The zero-order valence-electron chi connectivity index (χ0n) is 15.3. The van der Waals surface area contributed by atoms with E-state index in [4.69, 9.17) is 14.2 Å². The second kappa shape index (κ2) is 7.24. The van der Waals surface area contributed by atoms with Crippen LogP contribution >= 0.6 is 0 Å². The van der Waals surface area contributed by atoms with Gasteiger partial charge in [0, 0.05) is 5.92 Å². The first-order chi connectivity index (χ1) is 12.0. The molecule has 0 bridgehead atoms. The van der Waals surface area contributed by atoms with Gasteiger partial charge in [0.25, 0.3) is 0 Å². The maximum Gasteiger partial charge on any atom is 0.309 e. The molecule has 0 heterocycles. The van der Waals surface area contributed by atoms with E-state index < -0.39 is 5.60 Å². The van der Waals surface area contributed by atoms with Gasteiger partial charge in [-0.25, -0.2) is 0 Å². The molecule has 2 aliphatic carbocycles. The summed E-state index contributed by atoms with van der Waals surface area (Å²) in [5, 5.41) is 11.3. The third kappa shape index (κ3) is 3.34. The molecule has 0 aromatic heterocycles. The zero-order chi connectivity index (χ0) is 18.0. The summed E-state index contributed by atoms with van der Waals surface area (Å²) in [7, 11) is 4.67. The van der Waals surface area contributed by atoms with E-state index in [1.807, 2.05) is 12.1 Å². The van der Waals surface area contributed by atoms with Gasteiger partial charge >= 0.3 is 5.97 Å². The number of aryl methyl sites for hydroxylation is 1. The Labute approximate surface area is 149 Å². The van der Waals surface area contributed by atoms with Crippen LogP contribution in [0.1, 0.15) is 43.2 Å². The molecule has 3 atom stereocenters. The molecule has 2 aliphatic rings. The van der Waals surface area contributed by atoms with E-state index >= 15 is 0 Å².